The normalized spacial score (nSPS) is 13.2. The van der Waals surface area contributed by atoms with Gasteiger partial charge >= 0.3 is 0 Å². The minimum Gasteiger partial charge on any atom is -0.494 e. The van der Waals surface area contributed by atoms with Gasteiger partial charge in [-0.2, -0.15) is 0 Å². The van der Waals surface area contributed by atoms with Crippen molar-refractivity contribution in [3.63, 3.8) is 0 Å². The highest BCUT2D eigenvalue weighted by molar-refractivity contribution is 5.79. The molecule has 0 aliphatic rings. The minimum atomic E-state index is -0.0532. The Balaban J connectivity index is 1.90. The summed E-state index contributed by atoms with van der Waals surface area (Å²) in [4.78, 5) is 12.4. The molecule has 2 rings (SSSR count). The zero-order valence-electron chi connectivity index (χ0n) is 14.1. The molecule has 122 valence electrons. The van der Waals surface area contributed by atoms with Crippen molar-refractivity contribution < 1.29 is 9.53 Å². The van der Waals surface area contributed by atoms with Crippen LogP contribution >= 0.6 is 0 Å². The Bertz CT molecular complexity index is 607. The van der Waals surface area contributed by atoms with Crippen LogP contribution in [0.1, 0.15) is 37.9 Å². The molecule has 0 aliphatic heterocycles. The average Bonchev–Trinajstić information content (AvgIpc) is 2.56. The highest BCUT2D eigenvalue weighted by atomic mass is 16.5. The fourth-order valence-corrected chi connectivity index (χ4v) is 2.52. The lowest BCUT2D eigenvalue weighted by Crippen LogP contribution is -2.32. The number of amides is 1. The van der Waals surface area contributed by atoms with Gasteiger partial charge in [-0.3, -0.25) is 4.79 Å². The lowest BCUT2D eigenvalue weighted by molar-refractivity contribution is -0.125. The van der Waals surface area contributed by atoms with Crippen LogP contribution in [-0.2, 0) is 11.2 Å². The maximum Gasteiger partial charge on any atom is 0.223 e. The second kappa shape index (κ2) is 8.37. The summed E-state index contributed by atoms with van der Waals surface area (Å²) in [6, 6.07) is 18.0. The van der Waals surface area contributed by atoms with Gasteiger partial charge < -0.3 is 10.1 Å². The monoisotopic (exact) mass is 311 g/mol. The second-order valence-corrected chi connectivity index (χ2v) is 5.82. The summed E-state index contributed by atoms with van der Waals surface area (Å²) in [7, 11) is 0. The summed E-state index contributed by atoms with van der Waals surface area (Å²) >= 11 is 0. The number of rotatable bonds is 7. The van der Waals surface area contributed by atoms with Crippen molar-refractivity contribution in [2.24, 2.45) is 5.92 Å². The Hall–Kier alpha value is -2.29. The third kappa shape index (κ3) is 5.13. The smallest absolute Gasteiger partial charge is 0.223 e. The molecule has 0 saturated carbocycles. The van der Waals surface area contributed by atoms with Gasteiger partial charge in [0.2, 0.25) is 5.91 Å². The molecule has 2 aromatic rings. The molecule has 0 aliphatic carbocycles. The molecule has 23 heavy (non-hydrogen) atoms. The lowest BCUT2D eigenvalue weighted by Gasteiger charge is -2.18. The fourth-order valence-electron chi connectivity index (χ4n) is 2.52. The van der Waals surface area contributed by atoms with Crippen molar-refractivity contribution in [2.75, 3.05) is 6.61 Å². The number of benzene rings is 2. The van der Waals surface area contributed by atoms with Gasteiger partial charge in [0.1, 0.15) is 5.75 Å². The molecule has 0 radical (unpaired) electrons. The van der Waals surface area contributed by atoms with E-state index in [4.69, 9.17) is 4.74 Å². The number of ether oxygens (including phenoxy) is 1. The van der Waals surface area contributed by atoms with E-state index < -0.39 is 0 Å². The number of carbonyl (C=O) groups is 1. The van der Waals surface area contributed by atoms with Crippen molar-refractivity contribution in [3.8, 4) is 5.75 Å². The van der Waals surface area contributed by atoms with Gasteiger partial charge in [0.05, 0.1) is 12.6 Å². The molecular weight excluding hydrogens is 286 g/mol. The first-order chi connectivity index (χ1) is 11.1. The number of hydrogen-bond acceptors (Lipinski definition) is 2. The predicted octanol–water partition coefficient (Wildman–Crippen LogP) is 4.14. The molecule has 0 unspecified atom stereocenters. The van der Waals surface area contributed by atoms with E-state index in [0.717, 1.165) is 17.7 Å². The molecule has 3 heteroatoms. The molecule has 0 fully saturated rings. The molecule has 0 heterocycles. The topological polar surface area (TPSA) is 38.3 Å². The van der Waals surface area contributed by atoms with Gasteiger partial charge in [0.25, 0.3) is 0 Å². The molecular formula is C20H25NO2. The van der Waals surface area contributed by atoms with Crippen LogP contribution < -0.4 is 10.1 Å². The average molecular weight is 311 g/mol. The SMILES string of the molecule is CCOc1ccc([C@H](C)NC(=O)[C@H](C)Cc2ccccc2)cc1. The maximum atomic E-state index is 12.4. The number of hydrogen-bond donors (Lipinski definition) is 1. The van der Waals surface area contributed by atoms with Crippen molar-refractivity contribution in [3.05, 3.63) is 65.7 Å². The number of nitrogens with one attached hydrogen (secondary N) is 1. The maximum absolute atomic E-state index is 12.4. The van der Waals surface area contributed by atoms with Crippen molar-refractivity contribution in [1.29, 1.82) is 0 Å². The molecule has 1 N–H and O–H groups in total. The summed E-state index contributed by atoms with van der Waals surface area (Å²) < 4.78 is 5.44. The zero-order chi connectivity index (χ0) is 16.7. The first-order valence-electron chi connectivity index (χ1n) is 8.17. The van der Waals surface area contributed by atoms with Crippen LogP contribution in [0.2, 0.25) is 0 Å². The van der Waals surface area contributed by atoms with Crippen LogP contribution in [-0.4, -0.2) is 12.5 Å². The van der Waals surface area contributed by atoms with E-state index in [0.29, 0.717) is 6.61 Å². The minimum absolute atomic E-state index is 0.0172. The van der Waals surface area contributed by atoms with E-state index in [9.17, 15) is 4.79 Å². The van der Waals surface area contributed by atoms with Gasteiger partial charge in [-0.15, -0.1) is 0 Å². The van der Waals surface area contributed by atoms with Gasteiger partial charge in [-0.25, -0.2) is 0 Å². The first-order valence-corrected chi connectivity index (χ1v) is 8.17. The summed E-state index contributed by atoms with van der Waals surface area (Å²) in [5.74, 6) is 0.880. The number of carbonyl (C=O) groups excluding carboxylic acids is 1. The third-order valence-corrected chi connectivity index (χ3v) is 3.88. The summed E-state index contributed by atoms with van der Waals surface area (Å²) in [5, 5.41) is 3.09. The van der Waals surface area contributed by atoms with E-state index in [2.05, 4.69) is 17.4 Å². The van der Waals surface area contributed by atoms with Crippen LogP contribution in [0.5, 0.6) is 5.75 Å². The second-order valence-electron chi connectivity index (χ2n) is 5.82. The summed E-state index contributed by atoms with van der Waals surface area (Å²) in [5.41, 5.74) is 2.26. The molecule has 0 aromatic heterocycles. The van der Waals surface area contributed by atoms with Crippen LogP contribution in [0.3, 0.4) is 0 Å². The van der Waals surface area contributed by atoms with E-state index in [1.165, 1.54) is 5.56 Å². The molecule has 2 aromatic carbocycles. The van der Waals surface area contributed by atoms with Crippen molar-refractivity contribution >= 4 is 5.91 Å². The molecule has 0 spiro atoms. The standard InChI is InChI=1S/C20H25NO2/c1-4-23-19-12-10-18(11-13-19)16(3)21-20(22)15(2)14-17-8-6-5-7-9-17/h5-13,15-16H,4,14H2,1-3H3,(H,21,22)/t15-,16+/m1/s1. The van der Waals surface area contributed by atoms with Crippen molar-refractivity contribution in [1.82, 2.24) is 5.32 Å². The quantitative estimate of drug-likeness (QED) is 0.834. The van der Waals surface area contributed by atoms with E-state index in [1.54, 1.807) is 0 Å². The largest absolute Gasteiger partial charge is 0.494 e. The Morgan fingerprint density at radius 2 is 1.70 bits per heavy atom. The molecule has 0 saturated heterocycles. The van der Waals surface area contributed by atoms with Crippen molar-refractivity contribution in [2.45, 2.75) is 33.2 Å². The Labute approximate surface area is 138 Å². The Morgan fingerprint density at radius 1 is 1.04 bits per heavy atom. The first kappa shape index (κ1) is 17.1. The molecule has 3 nitrogen and oxygen atoms in total. The van der Waals surface area contributed by atoms with Crippen LogP contribution in [0.15, 0.2) is 54.6 Å². The van der Waals surface area contributed by atoms with E-state index in [-0.39, 0.29) is 17.9 Å². The van der Waals surface area contributed by atoms with Gasteiger partial charge in [0.15, 0.2) is 0 Å². The van der Waals surface area contributed by atoms with E-state index in [1.807, 2.05) is 63.2 Å². The summed E-state index contributed by atoms with van der Waals surface area (Å²) in [6.45, 7) is 6.59. The molecule has 0 bridgehead atoms. The van der Waals surface area contributed by atoms with Crippen LogP contribution in [0, 0.1) is 5.92 Å². The Kier molecular flexibility index (Phi) is 6.21. The highest BCUT2D eigenvalue weighted by Crippen LogP contribution is 2.18. The van der Waals surface area contributed by atoms with Gasteiger partial charge in [0, 0.05) is 5.92 Å². The predicted molar refractivity (Wildman–Crippen MR) is 93.5 cm³/mol. The lowest BCUT2D eigenvalue weighted by atomic mass is 9.99. The van der Waals surface area contributed by atoms with E-state index >= 15 is 0 Å². The van der Waals surface area contributed by atoms with Crippen LogP contribution in [0.25, 0.3) is 0 Å². The van der Waals surface area contributed by atoms with Gasteiger partial charge in [-0.05, 0) is 43.5 Å². The van der Waals surface area contributed by atoms with Crippen LogP contribution in [0.4, 0.5) is 0 Å². The fraction of sp³-hybridized carbons (Fsp3) is 0.350. The summed E-state index contributed by atoms with van der Waals surface area (Å²) in [6.07, 6.45) is 0.753. The molecule has 1 amide bonds. The third-order valence-electron chi connectivity index (χ3n) is 3.88. The Morgan fingerprint density at radius 3 is 2.30 bits per heavy atom. The van der Waals surface area contributed by atoms with Gasteiger partial charge in [-0.1, -0.05) is 49.4 Å². The highest BCUT2D eigenvalue weighted by Gasteiger charge is 2.16. The molecule has 2 atom stereocenters. The zero-order valence-corrected chi connectivity index (χ0v) is 14.1.